The topological polar surface area (TPSA) is 82.4 Å². The highest BCUT2D eigenvalue weighted by Crippen LogP contribution is 2.20. The minimum absolute atomic E-state index is 0.431. The quantitative estimate of drug-likeness (QED) is 0.461. The molecule has 0 spiro atoms. The van der Waals surface area contributed by atoms with Crippen LogP contribution in [0.25, 0.3) is 11.8 Å². The van der Waals surface area contributed by atoms with Crippen molar-refractivity contribution in [2.75, 3.05) is 12.4 Å². The second-order valence-corrected chi connectivity index (χ2v) is 6.97. The van der Waals surface area contributed by atoms with Crippen LogP contribution in [-0.2, 0) is 14.3 Å². The van der Waals surface area contributed by atoms with E-state index in [1.165, 1.54) is 13.0 Å². The number of aromatic nitrogens is 2. The molecule has 0 bridgehead atoms. The van der Waals surface area contributed by atoms with E-state index in [1.807, 2.05) is 48.9 Å². The van der Waals surface area contributed by atoms with Crippen molar-refractivity contribution >= 4 is 23.6 Å². The van der Waals surface area contributed by atoms with Crippen LogP contribution in [0.5, 0.6) is 5.75 Å². The molecule has 1 aromatic heterocycles. The zero-order valence-corrected chi connectivity index (χ0v) is 18.0. The van der Waals surface area contributed by atoms with Gasteiger partial charge in [0.2, 0.25) is 0 Å². The van der Waals surface area contributed by atoms with Gasteiger partial charge in [-0.25, -0.2) is 9.48 Å². The number of carbonyl (C=O) groups is 2. The summed E-state index contributed by atoms with van der Waals surface area (Å²) >= 11 is 0. The van der Waals surface area contributed by atoms with E-state index in [2.05, 4.69) is 10.4 Å². The zero-order chi connectivity index (χ0) is 22.4. The Bertz CT molecular complexity index is 1100. The van der Waals surface area contributed by atoms with Crippen LogP contribution in [0.2, 0.25) is 0 Å². The van der Waals surface area contributed by atoms with Crippen LogP contribution in [0.3, 0.4) is 0 Å². The summed E-state index contributed by atoms with van der Waals surface area (Å²) in [4.78, 5) is 24.6. The van der Waals surface area contributed by atoms with Gasteiger partial charge in [-0.05, 0) is 51.1 Å². The Morgan fingerprint density at radius 3 is 2.55 bits per heavy atom. The highest BCUT2D eigenvalue weighted by atomic mass is 16.5. The summed E-state index contributed by atoms with van der Waals surface area (Å²) < 4.78 is 12.2. The molecule has 0 unspecified atom stereocenters. The van der Waals surface area contributed by atoms with E-state index < -0.39 is 18.0 Å². The summed E-state index contributed by atoms with van der Waals surface area (Å²) in [6, 6.07) is 16.7. The van der Waals surface area contributed by atoms with E-state index in [-0.39, 0.29) is 0 Å². The highest BCUT2D eigenvalue weighted by Gasteiger charge is 2.17. The second kappa shape index (κ2) is 9.75. The average molecular weight is 419 g/mol. The number of hydrogen-bond donors (Lipinski definition) is 1. The number of esters is 1. The summed E-state index contributed by atoms with van der Waals surface area (Å²) in [5.74, 6) is -0.425. The van der Waals surface area contributed by atoms with Crippen LogP contribution in [-0.4, -0.2) is 34.9 Å². The molecule has 160 valence electrons. The number of nitrogens with zero attached hydrogens (tertiary/aromatic N) is 2. The predicted molar refractivity (Wildman–Crippen MR) is 119 cm³/mol. The van der Waals surface area contributed by atoms with Crippen LogP contribution < -0.4 is 10.1 Å². The van der Waals surface area contributed by atoms with Crippen molar-refractivity contribution in [2.45, 2.75) is 26.9 Å². The number of nitrogens with one attached hydrogen (secondary N) is 1. The fourth-order valence-corrected chi connectivity index (χ4v) is 3.08. The van der Waals surface area contributed by atoms with E-state index in [0.29, 0.717) is 11.4 Å². The number of rotatable bonds is 7. The molecule has 0 aliphatic carbocycles. The maximum absolute atomic E-state index is 12.3. The summed E-state index contributed by atoms with van der Waals surface area (Å²) in [7, 11) is 1.55. The Labute approximate surface area is 181 Å². The first kappa shape index (κ1) is 21.8. The van der Waals surface area contributed by atoms with E-state index in [9.17, 15) is 9.59 Å². The molecule has 3 aromatic rings. The van der Waals surface area contributed by atoms with Crippen molar-refractivity contribution in [3.05, 3.63) is 77.6 Å². The van der Waals surface area contributed by atoms with Gasteiger partial charge in [0.05, 0.1) is 18.5 Å². The van der Waals surface area contributed by atoms with Gasteiger partial charge < -0.3 is 14.8 Å². The van der Waals surface area contributed by atoms with E-state index in [4.69, 9.17) is 9.47 Å². The van der Waals surface area contributed by atoms with Gasteiger partial charge in [0.1, 0.15) is 5.75 Å². The Balaban J connectivity index is 1.63. The molecule has 0 saturated carbocycles. The van der Waals surface area contributed by atoms with Crippen molar-refractivity contribution < 1.29 is 19.1 Å². The fraction of sp³-hybridized carbons (Fsp3) is 0.208. The number of ether oxygens (including phenoxy) is 2. The maximum Gasteiger partial charge on any atom is 0.331 e. The first-order chi connectivity index (χ1) is 14.9. The molecule has 1 atom stereocenters. The van der Waals surface area contributed by atoms with Gasteiger partial charge >= 0.3 is 5.97 Å². The van der Waals surface area contributed by atoms with Gasteiger partial charge in [0.25, 0.3) is 5.91 Å². The molecule has 1 amide bonds. The Kier molecular flexibility index (Phi) is 6.87. The molecule has 2 aromatic carbocycles. The molecule has 3 rings (SSSR count). The van der Waals surface area contributed by atoms with Gasteiger partial charge in [-0.2, -0.15) is 5.10 Å². The monoisotopic (exact) mass is 419 g/mol. The molecule has 0 aliphatic heterocycles. The van der Waals surface area contributed by atoms with Gasteiger partial charge in [0.15, 0.2) is 6.10 Å². The van der Waals surface area contributed by atoms with Crippen molar-refractivity contribution in [1.82, 2.24) is 9.78 Å². The molecular weight excluding hydrogens is 394 g/mol. The molecule has 0 saturated heterocycles. The van der Waals surface area contributed by atoms with Gasteiger partial charge in [-0.15, -0.1) is 0 Å². The minimum Gasteiger partial charge on any atom is -0.497 e. The number of anilines is 1. The van der Waals surface area contributed by atoms with Crippen LogP contribution in [0.4, 0.5) is 5.69 Å². The molecule has 0 radical (unpaired) electrons. The third kappa shape index (κ3) is 5.39. The standard InChI is InChI=1S/C24H25N3O4/c1-16-22(17(2)27(26-16)20-10-6-5-7-11-20)13-14-23(28)31-18(3)24(29)25-19-9-8-12-21(15-19)30-4/h5-15,18H,1-4H3,(H,25,29)/b14-13+/t18-/m1/s1. The Morgan fingerprint density at radius 2 is 1.84 bits per heavy atom. The number of para-hydroxylation sites is 1. The summed E-state index contributed by atoms with van der Waals surface area (Å²) in [6.07, 6.45) is 2.01. The van der Waals surface area contributed by atoms with Crippen LogP contribution in [0.1, 0.15) is 23.9 Å². The van der Waals surface area contributed by atoms with Crippen molar-refractivity contribution in [3.63, 3.8) is 0 Å². The van der Waals surface area contributed by atoms with Crippen LogP contribution in [0, 0.1) is 13.8 Å². The van der Waals surface area contributed by atoms with E-state index >= 15 is 0 Å². The number of benzene rings is 2. The van der Waals surface area contributed by atoms with Crippen molar-refractivity contribution in [1.29, 1.82) is 0 Å². The van der Waals surface area contributed by atoms with Crippen molar-refractivity contribution in [2.24, 2.45) is 0 Å². The number of amides is 1. The highest BCUT2D eigenvalue weighted by molar-refractivity contribution is 5.96. The lowest BCUT2D eigenvalue weighted by Crippen LogP contribution is -2.29. The summed E-state index contributed by atoms with van der Waals surface area (Å²) in [5.41, 5.74) is 4.01. The molecule has 7 nitrogen and oxygen atoms in total. The first-order valence-corrected chi connectivity index (χ1v) is 9.84. The number of methoxy groups -OCH3 is 1. The Morgan fingerprint density at radius 1 is 1.10 bits per heavy atom. The van der Waals surface area contributed by atoms with Crippen LogP contribution in [0.15, 0.2) is 60.7 Å². The zero-order valence-electron chi connectivity index (χ0n) is 18.0. The molecular formula is C24H25N3O4. The number of hydrogen-bond acceptors (Lipinski definition) is 5. The third-order valence-electron chi connectivity index (χ3n) is 4.73. The number of carbonyl (C=O) groups excluding carboxylic acids is 2. The van der Waals surface area contributed by atoms with Gasteiger partial charge in [0, 0.05) is 29.1 Å². The average Bonchev–Trinajstić information content (AvgIpc) is 3.06. The first-order valence-electron chi connectivity index (χ1n) is 9.84. The third-order valence-corrected chi connectivity index (χ3v) is 4.73. The molecule has 0 aliphatic rings. The smallest absolute Gasteiger partial charge is 0.331 e. The molecule has 0 fully saturated rings. The van der Waals surface area contributed by atoms with Crippen LogP contribution >= 0.6 is 0 Å². The lowest BCUT2D eigenvalue weighted by atomic mass is 10.2. The minimum atomic E-state index is -0.961. The Hall–Kier alpha value is -3.87. The summed E-state index contributed by atoms with van der Waals surface area (Å²) in [6.45, 7) is 5.33. The maximum atomic E-state index is 12.3. The lowest BCUT2D eigenvalue weighted by Gasteiger charge is -2.13. The number of aryl methyl sites for hydroxylation is 1. The van der Waals surface area contributed by atoms with Gasteiger partial charge in [-0.1, -0.05) is 24.3 Å². The SMILES string of the molecule is COc1cccc(NC(=O)[C@@H](C)OC(=O)/C=C/c2c(C)nn(-c3ccccc3)c2C)c1. The van der Waals surface area contributed by atoms with E-state index in [1.54, 1.807) is 37.5 Å². The predicted octanol–water partition coefficient (Wildman–Crippen LogP) is 4.08. The second-order valence-electron chi connectivity index (χ2n) is 6.97. The fourth-order valence-electron chi connectivity index (χ4n) is 3.08. The summed E-state index contributed by atoms with van der Waals surface area (Å²) in [5, 5.41) is 7.25. The van der Waals surface area contributed by atoms with Gasteiger partial charge in [-0.3, -0.25) is 4.79 Å². The largest absolute Gasteiger partial charge is 0.497 e. The molecule has 7 heteroatoms. The molecule has 1 heterocycles. The lowest BCUT2D eigenvalue weighted by molar-refractivity contribution is -0.148. The normalized spacial score (nSPS) is 11.9. The molecule has 31 heavy (non-hydrogen) atoms. The van der Waals surface area contributed by atoms with E-state index in [0.717, 1.165) is 22.6 Å². The van der Waals surface area contributed by atoms with Crippen molar-refractivity contribution in [3.8, 4) is 11.4 Å². The molecule has 1 N–H and O–H groups in total.